The van der Waals surface area contributed by atoms with Crippen LogP contribution >= 0.6 is 0 Å². The third-order valence-corrected chi connectivity index (χ3v) is 2.33. The first-order valence-corrected chi connectivity index (χ1v) is 6.27. The molecule has 4 heteroatoms. The highest BCUT2D eigenvalue weighted by Gasteiger charge is 2.12. The van der Waals surface area contributed by atoms with Crippen LogP contribution in [0.15, 0.2) is 10.7 Å². The van der Waals surface area contributed by atoms with E-state index in [1.807, 2.05) is 6.92 Å². The van der Waals surface area contributed by atoms with E-state index < -0.39 is 0 Å². The Morgan fingerprint density at radius 3 is 2.76 bits per heavy atom. The van der Waals surface area contributed by atoms with Gasteiger partial charge in [-0.1, -0.05) is 13.3 Å². The fourth-order valence-corrected chi connectivity index (χ4v) is 1.42. The highest BCUT2D eigenvalue weighted by molar-refractivity contribution is 5.00. The molecule has 0 saturated heterocycles. The molecule has 1 atom stereocenters. The lowest BCUT2D eigenvalue weighted by Gasteiger charge is -2.19. The molecule has 98 valence electrons. The molecule has 0 radical (unpaired) electrons. The highest BCUT2D eigenvalue weighted by atomic mass is 16.6. The molecule has 0 fully saturated rings. The first-order chi connectivity index (χ1) is 7.90. The number of oxazole rings is 1. The summed E-state index contributed by atoms with van der Waals surface area (Å²) in [4.78, 5) is 4.28. The van der Waals surface area contributed by atoms with Gasteiger partial charge in [0.05, 0.1) is 5.69 Å². The van der Waals surface area contributed by atoms with Crippen LogP contribution in [0.4, 0.5) is 0 Å². The van der Waals surface area contributed by atoms with Crippen molar-refractivity contribution in [2.75, 3.05) is 0 Å². The lowest BCUT2D eigenvalue weighted by atomic mass is 10.1. The van der Waals surface area contributed by atoms with Crippen molar-refractivity contribution in [2.24, 2.45) is 0 Å². The summed E-state index contributed by atoms with van der Waals surface area (Å²) < 4.78 is 10.8. The van der Waals surface area contributed by atoms with Gasteiger partial charge in [0.1, 0.15) is 12.4 Å². The number of nitrogens with one attached hydrogen (secondary N) is 1. The summed E-state index contributed by atoms with van der Waals surface area (Å²) in [5, 5.41) is 3.35. The van der Waals surface area contributed by atoms with Gasteiger partial charge in [-0.25, -0.2) is 0 Å². The molecule has 4 nitrogen and oxygen atoms in total. The Kier molecular flexibility index (Phi) is 5.00. The summed E-state index contributed by atoms with van der Waals surface area (Å²) in [6.07, 6.45) is 4.28. The van der Waals surface area contributed by atoms with Crippen molar-refractivity contribution in [3.8, 4) is 6.08 Å². The van der Waals surface area contributed by atoms with E-state index in [9.17, 15) is 0 Å². The van der Waals surface area contributed by atoms with Crippen molar-refractivity contribution in [3.05, 3.63) is 12.0 Å². The van der Waals surface area contributed by atoms with Crippen LogP contribution in [0, 0.1) is 0 Å². The summed E-state index contributed by atoms with van der Waals surface area (Å²) in [7, 11) is 0. The molecule has 17 heavy (non-hydrogen) atoms. The Bertz CT molecular complexity index is 328. The average Bonchev–Trinajstić information content (AvgIpc) is 2.62. The van der Waals surface area contributed by atoms with Crippen LogP contribution in [0.3, 0.4) is 0 Å². The number of rotatable bonds is 6. The molecule has 0 bridgehead atoms. The summed E-state index contributed by atoms with van der Waals surface area (Å²) in [6.45, 7) is 11.2. The predicted octanol–water partition coefficient (Wildman–Crippen LogP) is 3.13. The normalized spacial score (nSPS) is 13.7. The lowest BCUT2D eigenvalue weighted by Crippen LogP contribution is -2.35. The van der Waals surface area contributed by atoms with Crippen LogP contribution in [-0.4, -0.2) is 16.6 Å². The maximum atomic E-state index is 5.56. The topological polar surface area (TPSA) is 47.3 Å². The Hall–Kier alpha value is -1.03. The van der Waals surface area contributed by atoms with E-state index in [4.69, 9.17) is 9.15 Å². The van der Waals surface area contributed by atoms with Gasteiger partial charge in [0.15, 0.2) is 0 Å². The molecular formula is C13H24N2O2. The second-order valence-electron chi connectivity index (χ2n) is 5.43. The summed E-state index contributed by atoms with van der Waals surface area (Å²) in [5.74, 6) is 0. The van der Waals surface area contributed by atoms with Crippen molar-refractivity contribution in [1.82, 2.24) is 10.3 Å². The van der Waals surface area contributed by atoms with E-state index in [-0.39, 0.29) is 11.6 Å². The second kappa shape index (κ2) is 6.05. The SMILES string of the molecule is CCCC(C)Oc1nc(CNC(C)(C)C)co1. The van der Waals surface area contributed by atoms with Gasteiger partial charge in [0, 0.05) is 12.1 Å². The van der Waals surface area contributed by atoms with Gasteiger partial charge >= 0.3 is 6.08 Å². The second-order valence-corrected chi connectivity index (χ2v) is 5.43. The number of ether oxygens (including phenoxy) is 1. The fraction of sp³-hybridized carbons (Fsp3) is 0.769. The smallest absolute Gasteiger partial charge is 0.393 e. The molecule has 1 aromatic heterocycles. The zero-order valence-electron chi connectivity index (χ0n) is 11.5. The molecule has 0 aliphatic carbocycles. The zero-order chi connectivity index (χ0) is 12.9. The standard InChI is InChI=1S/C13H24N2O2/c1-6-7-10(2)17-12-15-11(9-16-12)8-14-13(3,4)5/h9-10,14H,6-8H2,1-5H3. The van der Waals surface area contributed by atoms with Crippen molar-refractivity contribution >= 4 is 0 Å². The van der Waals surface area contributed by atoms with Crippen LogP contribution in [-0.2, 0) is 6.54 Å². The number of aromatic nitrogens is 1. The molecule has 0 amide bonds. The molecule has 1 rings (SSSR count). The number of hydrogen-bond donors (Lipinski definition) is 1. The first-order valence-electron chi connectivity index (χ1n) is 6.27. The fourth-order valence-electron chi connectivity index (χ4n) is 1.42. The van der Waals surface area contributed by atoms with Crippen LogP contribution in [0.1, 0.15) is 53.2 Å². The number of nitrogens with zero attached hydrogens (tertiary/aromatic N) is 1. The van der Waals surface area contributed by atoms with E-state index in [0.717, 1.165) is 18.5 Å². The molecule has 1 aromatic rings. The zero-order valence-corrected chi connectivity index (χ0v) is 11.5. The van der Waals surface area contributed by atoms with Crippen molar-refractivity contribution in [3.63, 3.8) is 0 Å². The Morgan fingerprint density at radius 2 is 2.18 bits per heavy atom. The first kappa shape index (κ1) is 14.0. The Labute approximate surface area is 104 Å². The molecule has 1 heterocycles. The molecule has 1 unspecified atom stereocenters. The van der Waals surface area contributed by atoms with Gasteiger partial charge in [-0.05, 0) is 34.1 Å². The van der Waals surface area contributed by atoms with E-state index >= 15 is 0 Å². The van der Waals surface area contributed by atoms with Crippen LogP contribution < -0.4 is 10.1 Å². The lowest BCUT2D eigenvalue weighted by molar-refractivity contribution is 0.153. The minimum absolute atomic E-state index is 0.0788. The summed E-state index contributed by atoms with van der Waals surface area (Å²) in [6, 6.07) is 0. The van der Waals surface area contributed by atoms with Crippen molar-refractivity contribution in [2.45, 2.75) is 65.6 Å². The quantitative estimate of drug-likeness (QED) is 0.830. The van der Waals surface area contributed by atoms with E-state index in [1.54, 1.807) is 6.26 Å². The van der Waals surface area contributed by atoms with Crippen molar-refractivity contribution < 1.29 is 9.15 Å². The van der Waals surface area contributed by atoms with E-state index in [2.05, 4.69) is 38.0 Å². The van der Waals surface area contributed by atoms with Gasteiger partial charge in [0.25, 0.3) is 0 Å². The van der Waals surface area contributed by atoms with Crippen molar-refractivity contribution in [1.29, 1.82) is 0 Å². The molecule has 0 aliphatic heterocycles. The molecule has 0 spiro atoms. The maximum absolute atomic E-state index is 5.56. The van der Waals surface area contributed by atoms with E-state index in [1.165, 1.54) is 0 Å². The number of hydrogen-bond acceptors (Lipinski definition) is 4. The summed E-state index contributed by atoms with van der Waals surface area (Å²) >= 11 is 0. The average molecular weight is 240 g/mol. The predicted molar refractivity (Wildman–Crippen MR) is 68.1 cm³/mol. The summed E-state index contributed by atoms with van der Waals surface area (Å²) in [5.41, 5.74) is 0.953. The Balaban J connectivity index is 2.42. The third-order valence-electron chi connectivity index (χ3n) is 2.33. The molecule has 0 saturated carbocycles. The minimum Gasteiger partial charge on any atom is -0.447 e. The van der Waals surface area contributed by atoms with Crippen LogP contribution in [0.2, 0.25) is 0 Å². The van der Waals surface area contributed by atoms with Gasteiger partial charge in [0.2, 0.25) is 0 Å². The Morgan fingerprint density at radius 1 is 1.47 bits per heavy atom. The molecule has 0 aromatic carbocycles. The molecular weight excluding hydrogens is 216 g/mol. The third kappa shape index (κ3) is 5.73. The molecule has 0 aliphatic rings. The van der Waals surface area contributed by atoms with Gasteiger partial charge in [-0.2, -0.15) is 4.98 Å². The minimum atomic E-state index is 0.0788. The maximum Gasteiger partial charge on any atom is 0.393 e. The van der Waals surface area contributed by atoms with E-state index in [0.29, 0.717) is 12.6 Å². The van der Waals surface area contributed by atoms with Gasteiger partial charge < -0.3 is 14.5 Å². The van der Waals surface area contributed by atoms with Crippen LogP contribution in [0.5, 0.6) is 6.08 Å². The highest BCUT2D eigenvalue weighted by Crippen LogP contribution is 2.14. The monoisotopic (exact) mass is 240 g/mol. The molecule has 1 N–H and O–H groups in total. The van der Waals surface area contributed by atoms with Crippen LogP contribution in [0.25, 0.3) is 0 Å². The largest absolute Gasteiger partial charge is 0.447 e. The van der Waals surface area contributed by atoms with Gasteiger partial charge in [-0.3, -0.25) is 0 Å². The van der Waals surface area contributed by atoms with Gasteiger partial charge in [-0.15, -0.1) is 0 Å².